The van der Waals surface area contributed by atoms with E-state index in [4.69, 9.17) is 20.1 Å². The third kappa shape index (κ3) is 10.2. The standard InChI is InChI=1S/C20H22N2O4.C19H22N4O3/c1-25-19(23)17-7-5-6-16(14-17)15-22(18-8-3-2-4-9-18)20(24)21-10-12-26-13-11-21;20-21-18(24)16-6-4-5-15(13-16)14-23(17-7-2-1-3-8-17)19(25)22-9-11-26-12-10-22/h2-9,14H,10-13,15H2,1H3;1-8,13H,9-12,14,20H2,(H,21,24). The largest absolute Gasteiger partial charge is 0.465 e. The van der Waals surface area contributed by atoms with E-state index in [9.17, 15) is 19.2 Å². The van der Waals surface area contributed by atoms with E-state index in [2.05, 4.69) is 5.43 Å². The van der Waals surface area contributed by atoms with Gasteiger partial charge in [-0.3, -0.25) is 20.0 Å². The second-order valence-corrected chi connectivity index (χ2v) is 12.0. The van der Waals surface area contributed by atoms with Crippen molar-refractivity contribution < 1.29 is 33.4 Å². The second kappa shape index (κ2) is 19.0. The smallest absolute Gasteiger partial charge is 0.337 e. The maximum atomic E-state index is 13.1. The summed E-state index contributed by atoms with van der Waals surface area (Å²) in [6.07, 6.45) is 0. The van der Waals surface area contributed by atoms with Crippen LogP contribution in [-0.4, -0.2) is 93.5 Å². The van der Waals surface area contributed by atoms with Crippen molar-refractivity contribution in [2.24, 2.45) is 5.84 Å². The van der Waals surface area contributed by atoms with E-state index < -0.39 is 5.97 Å². The van der Waals surface area contributed by atoms with Crippen LogP contribution in [0.2, 0.25) is 0 Å². The number of amides is 5. The van der Waals surface area contributed by atoms with Crippen LogP contribution in [0.15, 0.2) is 109 Å². The van der Waals surface area contributed by atoms with Gasteiger partial charge in [-0.05, 0) is 59.7 Å². The van der Waals surface area contributed by atoms with Crippen LogP contribution in [0.4, 0.5) is 21.0 Å². The number of nitrogen functional groups attached to an aromatic ring is 1. The van der Waals surface area contributed by atoms with Gasteiger partial charge in [0.2, 0.25) is 0 Å². The van der Waals surface area contributed by atoms with Gasteiger partial charge in [-0.25, -0.2) is 20.2 Å². The molecular formula is C39H44N6O7. The van der Waals surface area contributed by atoms with Crippen molar-refractivity contribution in [3.63, 3.8) is 0 Å². The Balaban J connectivity index is 0.000000201. The van der Waals surface area contributed by atoms with E-state index in [1.165, 1.54) is 7.11 Å². The Labute approximate surface area is 303 Å². The number of nitrogens with one attached hydrogen (secondary N) is 1. The molecule has 2 saturated heterocycles. The number of para-hydroxylation sites is 2. The average molecular weight is 709 g/mol. The highest BCUT2D eigenvalue weighted by atomic mass is 16.5. The maximum absolute atomic E-state index is 13.1. The van der Waals surface area contributed by atoms with Crippen molar-refractivity contribution in [1.82, 2.24) is 15.2 Å². The number of methoxy groups -OCH3 is 1. The summed E-state index contributed by atoms with van der Waals surface area (Å²) in [5.74, 6) is 4.46. The maximum Gasteiger partial charge on any atom is 0.337 e. The highest BCUT2D eigenvalue weighted by Crippen LogP contribution is 2.22. The molecule has 272 valence electrons. The van der Waals surface area contributed by atoms with E-state index >= 15 is 0 Å². The molecule has 52 heavy (non-hydrogen) atoms. The summed E-state index contributed by atoms with van der Waals surface area (Å²) in [6, 6.07) is 33.1. The molecule has 13 nitrogen and oxygen atoms in total. The molecule has 5 amide bonds. The Hall–Kier alpha value is -5.76. The van der Waals surface area contributed by atoms with Crippen LogP contribution in [0.25, 0.3) is 0 Å². The number of morpholine rings is 2. The molecule has 2 aliphatic rings. The number of esters is 1. The number of hydrazine groups is 1. The zero-order chi connectivity index (χ0) is 36.7. The van der Waals surface area contributed by atoms with Gasteiger partial charge in [0.05, 0.1) is 52.2 Å². The number of carbonyl (C=O) groups is 4. The van der Waals surface area contributed by atoms with Crippen LogP contribution in [-0.2, 0) is 27.3 Å². The number of urea groups is 2. The third-order valence-electron chi connectivity index (χ3n) is 8.51. The van der Waals surface area contributed by atoms with Gasteiger partial charge in [-0.2, -0.15) is 0 Å². The quantitative estimate of drug-likeness (QED) is 0.116. The highest BCUT2D eigenvalue weighted by Gasteiger charge is 2.26. The van der Waals surface area contributed by atoms with Crippen LogP contribution in [0.1, 0.15) is 31.8 Å². The van der Waals surface area contributed by atoms with Crippen molar-refractivity contribution in [2.75, 3.05) is 69.5 Å². The Kier molecular flexibility index (Phi) is 13.7. The van der Waals surface area contributed by atoms with Gasteiger partial charge in [-0.15, -0.1) is 0 Å². The number of benzene rings is 4. The normalized spacial score (nSPS) is 14.0. The van der Waals surface area contributed by atoms with Crippen molar-refractivity contribution >= 4 is 35.3 Å². The first-order chi connectivity index (χ1) is 25.4. The minimum absolute atomic E-state index is 0.0667. The van der Waals surface area contributed by atoms with Crippen LogP contribution in [0.5, 0.6) is 0 Å². The SMILES string of the molecule is COC(=O)c1cccc(CN(C(=O)N2CCOCC2)c2ccccc2)c1.NNC(=O)c1cccc(CN(C(=O)N2CCOCC2)c2ccccc2)c1. The van der Waals surface area contributed by atoms with Gasteiger partial charge in [0, 0.05) is 43.1 Å². The summed E-state index contributed by atoms with van der Waals surface area (Å²) in [5.41, 5.74) is 6.37. The Morgan fingerprint density at radius 1 is 0.635 bits per heavy atom. The number of rotatable bonds is 8. The molecule has 0 radical (unpaired) electrons. The molecule has 0 aliphatic carbocycles. The molecule has 3 N–H and O–H groups in total. The third-order valence-corrected chi connectivity index (χ3v) is 8.51. The number of hydrogen-bond acceptors (Lipinski definition) is 8. The van der Waals surface area contributed by atoms with Gasteiger partial charge < -0.3 is 24.0 Å². The van der Waals surface area contributed by atoms with Gasteiger partial charge in [0.25, 0.3) is 5.91 Å². The van der Waals surface area contributed by atoms with E-state index in [0.717, 1.165) is 22.5 Å². The van der Waals surface area contributed by atoms with E-state index in [1.54, 1.807) is 56.0 Å². The number of nitrogens with two attached hydrogens (primary N) is 1. The lowest BCUT2D eigenvalue weighted by atomic mass is 10.1. The first kappa shape index (κ1) is 37.5. The number of nitrogens with zero attached hydrogens (tertiary/aromatic N) is 4. The minimum Gasteiger partial charge on any atom is -0.465 e. The lowest BCUT2D eigenvalue weighted by Crippen LogP contribution is -2.48. The fraction of sp³-hybridized carbons (Fsp3) is 0.282. The molecule has 0 aromatic heterocycles. The summed E-state index contributed by atoms with van der Waals surface area (Å²) in [4.78, 5) is 56.7. The van der Waals surface area contributed by atoms with E-state index in [-0.39, 0.29) is 18.0 Å². The van der Waals surface area contributed by atoms with E-state index in [1.807, 2.05) is 72.8 Å². The lowest BCUT2D eigenvalue weighted by Gasteiger charge is -2.33. The van der Waals surface area contributed by atoms with Crippen LogP contribution in [0.3, 0.4) is 0 Å². The molecule has 0 unspecified atom stereocenters. The van der Waals surface area contributed by atoms with Gasteiger partial charge in [0.1, 0.15) is 0 Å². The van der Waals surface area contributed by atoms with Crippen LogP contribution >= 0.6 is 0 Å². The lowest BCUT2D eigenvalue weighted by molar-refractivity contribution is 0.0548. The van der Waals surface area contributed by atoms with Crippen molar-refractivity contribution in [1.29, 1.82) is 0 Å². The van der Waals surface area contributed by atoms with E-state index in [0.29, 0.717) is 76.8 Å². The van der Waals surface area contributed by atoms with Crippen molar-refractivity contribution in [3.8, 4) is 0 Å². The van der Waals surface area contributed by atoms with Crippen LogP contribution < -0.4 is 21.1 Å². The van der Waals surface area contributed by atoms with Gasteiger partial charge in [0.15, 0.2) is 0 Å². The molecule has 2 heterocycles. The predicted molar refractivity (Wildman–Crippen MR) is 197 cm³/mol. The minimum atomic E-state index is -0.391. The highest BCUT2D eigenvalue weighted by molar-refractivity contribution is 5.95. The Morgan fingerprint density at radius 3 is 1.48 bits per heavy atom. The number of hydrogen-bond donors (Lipinski definition) is 2. The number of carbonyl (C=O) groups excluding carboxylic acids is 4. The fourth-order valence-electron chi connectivity index (χ4n) is 5.78. The Morgan fingerprint density at radius 2 is 1.06 bits per heavy atom. The molecule has 0 atom stereocenters. The summed E-state index contributed by atoms with van der Waals surface area (Å²) < 4.78 is 15.5. The second-order valence-electron chi connectivity index (χ2n) is 12.0. The molecule has 4 aromatic carbocycles. The summed E-state index contributed by atoms with van der Waals surface area (Å²) >= 11 is 0. The van der Waals surface area contributed by atoms with Crippen molar-refractivity contribution in [3.05, 3.63) is 131 Å². The van der Waals surface area contributed by atoms with Crippen LogP contribution in [0, 0.1) is 0 Å². The zero-order valence-corrected chi connectivity index (χ0v) is 29.2. The Bertz CT molecular complexity index is 1650. The first-order valence-electron chi connectivity index (χ1n) is 17.0. The first-order valence-corrected chi connectivity index (χ1v) is 17.0. The molecule has 6 rings (SSSR count). The fourth-order valence-corrected chi connectivity index (χ4v) is 5.78. The van der Waals surface area contributed by atoms with Gasteiger partial charge >= 0.3 is 18.0 Å². The monoisotopic (exact) mass is 708 g/mol. The summed E-state index contributed by atoms with van der Waals surface area (Å²) in [7, 11) is 1.35. The van der Waals surface area contributed by atoms with Gasteiger partial charge in [-0.1, -0.05) is 60.7 Å². The molecule has 0 spiro atoms. The molecule has 13 heteroatoms. The molecule has 0 bridgehead atoms. The molecule has 2 aliphatic heterocycles. The molecule has 2 fully saturated rings. The summed E-state index contributed by atoms with van der Waals surface area (Å²) in [6.45, 7) is 5.18. The molecular weight excluding hydrogens is 664 g/mol. The van der Waals surface area contributed by atoms with Crippen molar-refractivity contribution in [2.45, 2.75) is 13.1 Å². The topological polar surface area (TPSA) is 147 Å². The number of ether oxygens (including phenoxy) is 3. The summed E-state index contributed by atoms with van der Waals surface area (Å²) in [5, 5.41) is 0. The molecule has 0 saturated carbocycles. The molecule has 4 aromatic rings. The number of anilines is 2. The average Bonchev–Trinajstić information content (AvgIpc) is 3.22. The zero-order valence-electron chi connectivity index (χ0n) is 29.2. The predicted octanol–water partition coefficient (Wildman–Crippen LogP) is 4.68.